The van der Waals surface area contributed by atoms with Gasteiger partial charge in [0.25, 0.3) is 0 Å². The molecule has 0 N–H and O–H groups in total. The Morgan fingerprint density at radius 3 is 2.30 bits per heavy atom. The van der Waals surface area contributed by atoms with E-state index in [9.17, 15) is 8.42 Å². The molecule has 118 valence electrons. The van der Waals surface area contributed by atoms with Gasteiger partial charge in [-0.3, -0.25) is 0 Å². The van der Waals surface area contributed by atoms with E-state index in [0.717, 1.165) is 20.8 Å². The third-order valence-electron chi connectivity index (χ3n) is 3.79. The maximum atomic E-state index is 12.7. The Balaban J connectivity index is 1.94. The van der Waals surface area contributed by atoms with Gasteiger partial charge >= 0.3 is 0 Å². The van der Waals surface area contributed by atoms with Crippen LogP contribution < -0.4 is 0 Å². The second-order valence-electron chi connectivity index (χ2n) is 5.35. The van der Waals surface area contributed by atoms with Gasteiger partial charge in [0, 0.05) is 18.1 Å². The molecular formula is C18H16BrNO2S. The molecule has 3 aromatic rings. The van der Waals surface area contributed by atoms with Crippen LogP contribution >= 0.6 is 15.9 Å². The summed E-state index contributed by atoms with van der Waals surface area (Å²) < 4.78 is 27.6. The quantitative estimate of drug-likeness (QED) is 0.661. The van der Waals surface area contributed by atoms with E-state index in [0.29, 0.717) is 11.4 Å². The molecule has 0 bridgehead atoms. The number of sulfonamides is 1. The molecule has 0 heterocycles. The Morgan fingerprint density at radius 1 is 0.913 bits per heavy atom. The highest BCUT2D eigenvalue weighted by molar-refractivity contribution is 9.10. The molecule has 0 saturated carbocycles. The number of hydrogen-bond donors (Lipinski definition) is 0. The first-order valence-corrected chi connectivity index (χ1v) is 9.40. The van der Waals surface area contributed by atoms with Crippen LogP contribution in [0.15, 0.2) is 76.1 Å². The van der Waals surface area contributed by atoms with E-state index in [-0.39, 0.29) is 0 Å². The summed E-state index contributed by atoms with van der Waals surface area (Å²) in [6.45, 7) is 0.333. The van der Waals surface area contributed by atoms with E-state index < -0.39 is 10.0 Å². The van der Waals surface area contributed by atoms with E-state index in [1.165, 1.54) is 4.31 Å². The fourth-order valence-electron chi connectivity index (χ4n) is 2.54. The van der Waals surface area contributed by atoms with Gasteiger partial charge in [0.2, 0.25) is 10.0 Å². The number of hydrogen-bond acceptors (Lipinski definition) is 2. The van der Waals surface area contributed by atoms with E-state index in [2.05, 4.69) is 15.9 Å². The number of fused-ring (bicyclic) bond motifs is 1. The number of halogens is 1. The zero-order valence-electron chi connectivity index (χ0n) is 12.6. The van der Waals surface area contributed by atoms with Gasteiger partial charge in [0.05, 0.1) is 4.90 Å². The zero-order chi connectivity index (χ0) is 16.4. The highest BCUT2D eigenvalue weighted by Gasteiger charge is 2.21. The summed E-state index contributed by atoms with van der Waals surface area (Å²) in [5.74, 6) is 0. The largest absolute Gasteiger partial charge is 0.243 e. The lowest BCUT2D eigenvalue weighted by atomic mass is 10.0. The number of rotatable bonds is 4. The predicted octanol–water partition coefficient (Wildman–Crippen LogP) is 4.42. The molecule has 3 nitrogen and oxygen atoms in total. The summed E-state index contributed by atoms with van der Waals surface area (Å²) >= 11 is 3.32. The maximum absolute atomic E-state index is 12.7. The smallest absolute Gasteiger partial charge is 0.207 e. The van der Waals surface area contributed by atoms with Gasteiger partial charge in [-0.05, 0) is 40.6 Å². The van der Waals surface area contributed by atoms with Crippen LogP contribution in [0.2, 0.25) is 0 Å². The predicted molar refractivity (Wildman–Crippen MR) is 96.7 cm³/mol. The number of nitrogens with zero attached hydrogens (tertiary/aromatic N) is 1. The van der Waals surface area contributed by atoms with Crippen molar-refractivity contribution in [1.29, 1.82) is 0 Å². The summed E-state index contributed by atoms with van der Waals surface area (Å²) in [5, 5.41) is 2.19. The minimum Gasteiger partial charge on any atom is -0.207 e. The SMILES string of the molecule is CN(Cc1cccc2ccccc12)S(=O)(=O)c1ccc(Br)cc1. The molecule has 0 atom stereocenters. The molecule has 3 rings (SSSR count). The monoisotopic (exact) mass is 389 g/mol. The highest BCUT2D eigenvalue weighted by atomic mass is 79.9. The van der Waals surface area contributed by atoms with Gasteiger partial charge in [-0.1, -0.05) is 58.4 Å². The average molecular weight is 390 g/mol. The molecule has 0 aliphatic rings. The Labute approximate surface area is 144 Å². The van der Waals surface area contributed by atoms with Gasteiger partial charge in [-0.15, -0.1) is 0 Å². The normalized spacial score (nSPS) is 12.0. The summed E-state index contributed by atoms with van der Waals surface area (Å²) in [4.78, 5) is 0.295. The zero-order valence-corrected chi connectivity index (χ0v) is 15.0. The minimum absolute atomic E-state index is 0.295. The number of benzene rings is 3. The molecule has 3 aromatic carbocycles. The summed E-state index contributed by atoms with van der Waals surface area (Å²) in [6.07, 6.45) is 0. The van der Waals surface area contributed by atoms with Crippen molar-refractivity contribution in [2.75, 3.05) is 7.05 Å². The second-order valence-corrected chi connectivity index (χ2v) is 8.31. The third kappa shape index (κ3) is 3.32. The van der Waals surface area contributed by atoms with E-state index >= 15 is 0 Å². The van der Waals surface area contributed by atoms with Crippen LogP contribution in [-0.4, -0.2) is 19.8 Å². The summed E-state index contributed by atoms with van der Waals surface area (Å²) in [7, 11) is -1.90. The molecule has 0 radical (unpaired) electrons. The van der Waals surface area contributed by atoms with Crippen LogP contribution in [-0.2, 0) is 16.6 Å². The van der Waals surface area contributed by atoms with Gasteiger partial charge < -0.3 is 0 Å². The first kappa shape index (κ1) is 16.2. The fraction of sp³-hybridized carbons (Fsp3) is 0.111. The van der Waals surface area contributed by atoms with Crippen molar-refractivity contribution in [2.45, 2.75) is 11.4 Å². The van der Waals surface area contributed by atoms with Crippen molar-refractivity contribution in [1.82, 2.24) is 4.31 Å². The Bertz CT molecular complexity index is 931. The van der Waals surface area contributed by atoms with Crippen molar-refractivity contribution in [2.24, 2.45) is 0 Å². The molecule has 0 aliphatic heterocycles. The van der Waals surface area contributed by atoms with Crippen LogP contribution in [0.5, 0.6) is 0 Å². The highest BCUT2D eigenvalue weighted by Crippen LogP contribution is 2.23. The molecule has 23 heavy (non-hydrogen) atoms. The van der Waals surface area contributed by atoms with E-state index in [1.807, 2.05) is 42.5 Å². The van der Waals surface area contributed by atoms with Crippen LogP contribution in [0, 0.1) is 0 Å². The Morgan fingerprint density at radius 2 is 1.57 bits per heavy atom. The summed E-state index contributed by atoms with van der Waals surface area (Å²) in [5.41, 5.74) is 0.992. The van der Waals surface area contributed by atoms with Crippen LogP contribution in [0.4, 0.5) is 0 Å². The Hall–Kier alpha value is -1.69. The molecule has 0 amide bonds. The molecule has 5 heteroatoms. The van der Waals surface area contributed by atoms with Gasteiger partial charge in [0.1, 0.15) is 0 Å². The minimum atomic E-state index is -3.51. The van der Waals surface area contributed by atoms with Crippen molar-refractivity contribution in [3.8, 4) is 0 Å². The molecule has 0 unspecified atom stereocenters. The molecule has 0 aliphatic carbocycles. The van der Waals surface area contributed by atoms with E-state index in [1.54, 1.807) is 31.3 Å². The second kappa shape index (κ2) is 6.43. The lowest BCUT2D eigenvalue weighted by molar-refractivity contribution is 0.468. The van der Waals surface area contributed by atoms with Gasteiger partial charge in [-0.25, -0.2) is 8.42 Å². The van der Waals surface area contributed by atoms with Crippen LogP contribution in [0.25, 0.3) is 10.8 Å². The van der Waals surface area contributed by atoms with Crippen LogP contribution in [0.1, 0.15) is 5.56 Å². The lowest BCUT2D eigenvalue weighted by Gasteiger charge is -2.18. The molecule has 0 fully saturated rings. The van der Waals surface area contributed by atoms with Crippen molar-refractivity contribution >= 4 is 36.7 Å². The van der Waals surface area contributed by atoms with Crippen molar-refractivity contribution in [3.05, 3.63) is 76.8 Å². The lowest BCUT2D eigenvalue weighted by Crippen LogP contribution is -2.26. The standard InChI is InChI=1S/C18H16BrNO2S/c1-20(23(21,22)17-11-9-16(19)10-12-17)13-15-7-4-6-14-5-2-3-8-18(14)15/h2-12H,13H2,1H3. The molecule has 0 spiro atoms. The summed E-state index contributed by atoms with van der Waals surface area (Å²) in [6, 6.07) is 20.6. The van der Waals surface area contributed by atoms with Gasteiger partial charge in [0.15, 0.2) is 0 Å². The maximum Gasteiger partial charge on any atom is 0.243 e. The third-order valence-corrected chi connectivity index (χ3v) is 6.14. The molecule has 0 aromatic heterocycles. The fourth-order valence-corrected chi connectivity index (χ4v) is 3.96. The molecule has 0 saturated heterocycles. The van der Waals surface area contributed by atoms with Crippen LogP contribution in [0.3, 0.4) is 0 Å². The van der Waals surface area contributed by atoms with Crippen molar-refractivity contribution < 1.29 is 8.42 Å². The Kier molecular flexibility index (Phi) is 4.53. The average Bonchev–Trinajstić information content (AvgIpc) is 2.55. The topological polar surface area (TPSA) is 37.4 Å². The molecular weight excluding hydrogens is 374 g/mol. The first-order valence-electron chi connectivity index (χ1n) is 7.17. The van der Waals surface area contributed by atoms with E-state index in [4.69, 9.17) is 0 Å². The van der Waals surface area contributed by atoms with Gasteiger partial charge in [-0.2, -0.15) is 4.31 Å². The first-order chi connectivity index (χ1) is 11.0. The van der Waals surface area contributed by atoms with Crippen molar-refractivity contribution in [3.63, 3.8) is 0 Å².